The molecule has 0 atom stereocenters. The SMILES string of the molecule is Cc1cc(Cn2cc(CC3(O)CCOCC3)nn2)ccc1Cl. The van der Waals surface area contributed by atoms with Crippen LogP contribution < -0.4 is 0 Å². The van der Waals surface area contributed by atoms with E-state index in [-0.39, 0.29) is 0 Å². The Morgan fingerprint density at radius 3 is 2.86 bits per heavy atom. The summed E-state index contributed by atoms with van der Waals surface area (Å²) in [4.78, 5) is 0. The van der Waals surface area contributed by atoms with E-state index >= 15 is 0 Å². The molecule has 22 heavy (non-hydrogen) atoms. The van der Waals surface area contributed by atoms with E-state index < -0.39 is 5.60 Å². The number of aryl methyl sites for hydroxylation is 1. The fourth-order valence-electron chi connectivity index (χ4n) is 2.75. The topological polar surface area (TPSA) is 60.2 Å². The molecule has 1 aromatic carbocycles. The minimum absolute atomic E-state index is 0.524. The second kappa shape index (κ2) is 6.36. The van der Waals surface area contributed by atoms with E-state index in [2.05, 4.69) is 16.4 Å². The molecule has 0 amide bonds. The van der Waals surface area contributed by atoms with Gasteiger partial charge in [0.25, 0.3) is 0 Å². The highest BCUT2D eigenvalue weighted by atomic mass is 35.5. The van der Waals surface area contributed by atoms with Gasteiger partial charge in [-0.1, -0.05) is 28.9 Å². The van der Waals surface area contributed by atoms with Gasteiger partial charge in [-0.05, 0) is 37.0 Å². The molecule has 3 rings (SSSR count). The van der Waals surface area contributed by atoms with Crippen LogP contribution in [0.2, 0.25) is 5.02 Å². The van der Waals surface area contributed by atoms with Crippen LogP contribution in [0, 0.1) is 6.92 Å². The summed E-state index contributed by atoms with van der Waals surface area (Å²) in [7, 11) is 0. The summed E-state index contributed by atoms with van der Waals surface area (Å²) >= 11 is 6.04. The van der Waals surface area contributed by atoms with Gasteiger partial charge in [0.15, 0.2) is 0 Å². The van der Waals surface area contributed by atoms with Crippen molar-refractivity contribution < 1.29 is 9.84 Å². The summed E-state index contributed by atoms with van der Waals surface area (Å²) in [5.74, 6) is 0. The van der Waals surface area contributed by atoms with Gasteiger partial charge >= 0.3 is 0 Å². The Morgan fingerprint density at radius 1 is 1.36 bits per heavy atom. The van der Waals surface area contributed by atoms with Crippen LogP contribution in [0.25, 0.3) is 0 Å². The van der Waals surface area contributed by atoms with Crippen LogP contribution in [0.4, 0.5) is 0 Å². The Bertz CT molecular complexity index is 651. The number of aromatic nitrogens is 3. The van der Waals surface area contributed by atoms with Gasteiger partial charge in [0, 0.05) is 30.9 Å². The molecular weight excluding hydrogens is 302 g/mol. The van der Waals surface area contributed by atoms with Crippen LogP contribution in [0.5, 0.6) is 0 Å². The zero-order valence-corrected chi connectivity index (χ0v) is 13.4. The first-order valence-corrected chi connectivity index (χ1v) is 7.86. The second-order valence-corrected chi connectivity index (χ2v) is 6.41. The maximum Gasteiger partial charge on any atom is 0.0855 e. The number of nitrogens with zero attached hydrogens (tertiary/aromatic N) is 3. The molecule has 118 valence electrons. The van der Waals surface area contributed by atoms with Crippen molar-refractivity contribution in [2.24, 2.45) is 0 Å². The molecule has 2 aromatic rings. The highest BCUT2D eigenvalue weighted by Crippen LogP contribution is 2.24. The molecular formula is C16H20ClN3O2. The molecule has 6 heteroatoms. The fraction of sp³-hybridized carbons (Fsp3) is 0.500. The average Bonchev–Trinajstić information content (AvgIpc) is 2.90. The van der Waals surface area contributed by atoms with Crippen LogP contribution in [-0.2, 0) is 17.7 Å². The molecule has 1 aliphatic heterocycles. The molecule has 1 aliphatic rings. The third-order valence-electron chi connectivity index (χ3n) is 4.09. The maximum atomic E-state index is 10.5. The fourth-order valence-corrected chi connectivity index (χ4v) is 2.87. The standard InChI is InChI=1S/C16H20ClN3O2/c1-12-8-13(2-3-15(12)17)10-20-11-14(18-19-20)9-16(21)4-6-22-7-5-16/h2-3,8,11,21H,4-7,9-10H2,1H3. The molecule has 0 spiro atoms. The van der Waals surface area contributed by atoms with Crippen molar-refractivity contribution in [1.29, 1.82) is 0 Å². The van der Waals surface area contributed by atoms with Crippen LogP contribution >= 0.6 is 11.6 Å². The summed E-state index contributed by atoms with van der Waals surface area (Å²) in [6, 6.07) is 5.94. The molecule has 5 nitrogen and oxygen atoms in total. The lowest BCUT2D eigenvalue weighted by molar-refractivity contribution is -0.0630. The van der Waals surface area contributed by atoms with Crippen LogP contribution in [0.3, 0.4) is 0 Å². The van der Waals surface area contributed by atoms with Gasteiger partial charge < -0.3 is 9.84 Å². The van der Waals surface area contributed by atoms with Crippen LogP contribution in [-0.4, -0.2) is 38.9 Å². The van der Waals surface area contributed by atoms with Crippen molar-refractivity contribution in [3.8, 4) is 0 Å². The number of hydrogen-bond donors (Lipinski definition) is 1. The van der Waals surface area contributed by atoms with Crippen molar-refractivity contribution in [3.05, 3.63) is 46.2 Å². The lowest BCUT2D eigenvalue weighted by Crippen LogP contribution is -2.38. The molecule has 0 aliphatic carbocycles. The van der Waals surface area contributed by atoms with Gasteiger partial charge in [-0.15, -0.1) is 5.10 Å². The number of rotatable bonds is 4. The molecule has 1 N–H and O–H groups in total. The van der Waals surface area contributed by atoms with E-state index in [1.165, 1.54) is 0 Å². The Balaban J connectivity index is 1.67. The minimum Gasteiger partial charge on any atom is -0.389 e. The van der Waals surface area contributed by atoms with Crippen LogP contribution in [0.15, 0.2) is 24.4 Å². The van der Waals surface area contributed by atoms with E-state index in [4.69, 9.17) is 16.3 Å². The molecule has 1 aromatic heterocycles. The zero-order valence-electron chi connectivity index (χ0n) is 12.6. The molecule has 0 bridgehead atoms. The summed E-state index contributed by atoms with van der Waals surface area (Å²) in [6.45, 7) is 3.84. The summed E-state index contributed by atoms with van der Waals surface area (Å²) in [6.07, 6.45) is 3.72. The largest absolute Gasteiger partial charge is 0.389 e. The highest BCUT2D eigenvalue weighted by molar-refractivity contribution is 6.31. The third kappa shape index (κ3) is 3.66. The Labute approximate surface area is 134 Å². The summed E-state index contributed by atoms with van der Waals surface area (Å²) in [5.41, 5.74) is 2.28. The first-order chi connectivity index (χ1) is 10.5. The van der Waals surface area contributed by atoms with E-state index in [0.717, 1.165) is 21.8 Å². The Morgan fingerprint density at radius 2 is 2.14 bits per heavy atom. The maximum absolute atomic E-state index is 10.5. The molecule has 1 saturated heterocycles. The normalized spacial score (nSPS) is 17.6. The van der Waals surface area contributed by atoms with Crippen molar-refractivity contribution in [1.82, 2.24) is 15.0 Å². The van der Waals surface area contributed by atoms with Crippen molar-refractivity contribution >= 4 is 11.6 Å². The smallest absolute Gasteiger partial charge is 0.0855 e. The van der Waals surface area contributed by atoms with Gasteiger partial charge in [-0.3, -0.25) is 0 Å². The van der Waals surface area contributed by atoms with Gasteiger partial charge in [-0.25, -0.2) is 4.68 Å². The monoisotopic (exact) mass is 321 g/mol. The number of halogens is 1. The van der Waals surface area contributed by atoms with Gasteiger partial charge in [0.05, 0.1) is 17.8 Å². The van der Waals surface area contributed by atoms with E-state index in [1.54, 1.807) is 4.68 Å². The molecule has 0 unspecified atom stereocenters. The van der Waals surface area contributed by atoms with E-state index in [1.807, 2.05) is 25.3 Å². The predicted octanol–water partition coefficient (Wildman–Crippen LogP) is 2.37. The van der Waals surface area contributed by atoms with Gasteiger partial charge in [0.2, 0.25) is 0 Å². The van der Waals surface area contributed by atoms with E-state index in [0.29, 0.717) is 39.0 Å². The summed E-state index contributed by atoms with van der Waals surface area (Å²) < 4.78 is 7.09. The van der Waals surface area contributed by atoms with Crippen LogP contribution in [0.1, 0.15) is 29.7 Å². The first-order valence-electron chi connectivity index (χ1n) is 7.48. The zero-order chi connectivity index (χ0) is 15.6. The number of benzene rings is 1. The summed E-state index contributed by atoms with van der Waals surface area (Å²) in [5, 5.41) is 19.6. The van der Waals surface area contributed by atoms with Crippen molar-refractivity contribution in [2.45, 2.75) is 38.3 Å². The number of ether oxygens (including phenoxy) is 1. The Kier molecular flexibility index (Phi) is 4.47. The lowest BCUT2D eigenvalue weighted by Gasteiger charge is -2.31. The number of hydrogen-bond acceptors (Lipinski definition) is 4. The third-order valence-corrected chi connectivity index (χ3v) is 4.51. The lowest BCUT2D eigenvalue weighted by atomic mass is 9.90. The number of aliphatic hydroxyl groups is 1. The molecule has 2 heterocycles. The quantitative estimate of drug-likeness (QED) is 0.939. The predicted molar refractivity (Wildman–Crippen MR) is 84.0 cm³/mol. The first kappa shape index (κ1) is 15.5. The highest BCUT2D eigenvalue weighted by Gasteiger charge is 2.31. The Hall–Kier alpha value is -1.43. The van der Waals surface area contributed by atoms with Crippen molar-refractivity contribution in [3.63, 3.8) is 0 Å². The van der Waals surface area contributed by atoms with E-state index in [9.17, 15) is 5.11 Å². The average molecular weight is 322 g/mol. The van der Waals surface area contributed by atoms with Gasteiger partial charge in [-0.2, -0.15) is 0 Å². The van der Waals surface area contributed by atoms with Gasteiger partial charge in [0.1, 0.15) is 0 Å². The van der Waals surface area contributed by atoms with Crippen molar-refractivity contribution in [2.75, 3.05) is 13.2 Å². The molecule has 1 fully saturated rings. The molecule has 0 radical (unpaired) electrons. The minimum atomic E-state index is -0.712. The molecule has 0 saturated carbocycles. The second-order valence-electron chi connectivity index (χ2n) is 6.00.